The molecule has 0 aromatic carbocycles. The van der Waals surface area contributed by atoms with E-state index in [1.165, 1.54) is 18.4 Å². The van der Waals surface area contributed by atoms with Gasteiger partial charge in [0, 0.05) is 32.4 Å². The predicted molar refractivity (Wildman–Crippen MR) is 87.9 cm³/mol. The van der Waals surface area contributed by atoms with E-state index >= 15 is 0 Å². The molecule has 1 aliphatic rings. The molecule has 1 saturated carbocycles. The minimum atomic E-state index is 0.445. The summed E-state index contributed by atoms with van der Waals surface area (Å²) in [6.45, 7) is 7.85. The molecule has 21 heavy (non-hydrogen) atoms. The van der Waals surface area contributed by atoms with E-state index in [-0.39, 0.29) is 0 Å². The zero-order valence-electron chi connectivity index (χ0n) is 13.9. The average Bonchev–Trinajstić information content (AvgIpc) is 3.27. The van der Waals surface area contributed by atoms with E-state index in [0.717, 1.165) is 43.7 Å². The average molecular weight is 291 g/mol. The number of hydrogen-bond acceptors (Lipinski definition) is 4. The molecule has 0 radical (unpaired) electrons. The Kier molecular flexibility index (Phi) is 6.00. The molecule has 1 aromatic rings. The summed E-state index contributed by atoms with van der Waals surface area (Å²) in [5.74, 6) is 2.32. The molecule has 1 aliphatic carbocycles. The lowest BCUT2D eigenvalue weighted by atomic mass is 10.1. The minimum absolute atomic E-state index is 0.445. The summed E-state index contributed by atoms with van der Waals surface area (Å²) >= 11 is 0. The third kappa shape index (κ3) is 5.29. The molecule has 0 atom stereocenters. The summed E-state index contributed by atoms with van der Waals surface area (Å²) in [6.07, 6.45) is 2.70. The molecule has 1 fully saturated rings. The molecule has 1 N–H and O–H groups in total. The number of anilines is 1. The van der Waals surface area contributed by atoms with Gasteiger partial charge in [-0.15, -0.1) is 0 Å². The lowest BCUT2D eigenvalue weighted by Gasteiger charge is -2.21. The number of aromatic nitrogens is 1. The summed E-state index contributed by atoms with van der Waals surface area (Å²) in [4.78, 5) is 6.98. The van der Waals surface area contributed by atoms with Gasteiger partial charge in [0.15, 0.2) is 0 Å². The molecule has 2 rings (SSSR count). The van der Waals surface area contributed by atoms with E-state index in [1.54, 1.807) is 0 Å². The van der Waals surface area contributed by atoms with Crippen molar-refractivity contribution in [1.82, 2.24) is 10.3 Å². The molecule has 0 spiro atoms. The molecular weight excluding hydrogens is 262 g/mol. The van der Waals surface area contributed by atoms with Crippen LogP contribution in [0.4, 0.5) is 5.82 Å². The lowest BCUT2D eigenvalue weighted by molar-refractivity contribution is 0.131. The van der Waals surface area contributed by atoms with Crippen LogP contribution in [0, 0.1) is 5.92 Å². The van der Waals surface area contributed by atoms with Gasteiger partial charge in [0.05, 0.1) is 6.61 Å². The van der Waals surface area contributed by atoms with Crippen LogP contribution in [0.2, 0.25) is 0 Å². The Bertz CT molecular complexity index is 444. The van der Waals surface area contributed by atoms with E-state index in [4.69, 9.17) is 9.72 Å². The Labute approximate surface area is 128 Å². The maximum atomic E-state index is 5.72. The summed E-state index contributed by atoms with van der Waals surface area (Å²) < 4.78 is 5.72. The quantitative estimate of drug-likeness (QED) is 0.710. The highest BCUT2D eigenvalue weighted by Gasteiger charge is 2.21. The second kappa shape index (κ2) is 7.76. The standard InChI is InChI=1S/C17H29N3O/c1-13(2)16-9-15(11-18-3)10-17(19-16)20(4)7-8-21-12-14-5-6-14/h9-10,13-14,18H,5-8,11-12H2,1-4H3. The Morgan fingerprint density at radius 2 is 2.14 bits per heavy atom. The van der Waals surface area contributed by atoms with Gasteiger partial charge in [-0.25, -0.2) is 4.98 Å². The van der Waals surface area contributed by atoms with Crippen LogP contribution in [-0.4, -0.2) is 38.8 Å². The van der Waals surface area contributed by atoms with Crippen LogP contribution < -0.4 is 10.2 Å². The molecule has 0 bridgehead atoms. The van der Waals surface area contributed by atoms with E-state index in [1.807, 2.05) is 7.05 Å². The van der Waals surface area contributed by atoms with E-state index in [2.05, 4.69) is 43.2 Å². The summed E-state index contributed by atoms with van der Waals surface area (Å²) in [5, 5.41) is 3.22. The van der Waals surface area contributed by atoms with Crippen LogP contribution in [0.15, 0.2) is 12.1 Å². The number of nitrogens with zero attached hydrogens (tertiary/aromatic N) is 2. The Morgan fingerprint density at radius 1 is 1.38 bits per heavy atom. The molecule has 0 aliphatic heterocycles. The maximum Gasteiger partial charge on any atom is 0.128 e. The first-order chi connectivity index (χ1) is 10.1. The van der Waals surface area contributed by atoms with Crippen molar-refractivity contribution in [1.29, 1.82) is 0 Å². The summed E-state index contributed by atoms with van der Waals surface area (Å²) in [6, 6.07) is 4.37. The summed E-state index contributed by atoms with van der Waals surface area (Å²) in [7, 11) is 4.07. The van der Waals surface area contributed by atoms with Gasteiger partial charge in [-0.1, -0.05) is 13.8 Å². The third-order valence-corrected chi connectivity index (χ3v) is 3.88. The molecule has 0 unspecified atom stereocenters. The number of nitrogens with one attached hydrogen (secondary N) is 1. The largest absolute Gasteiger partial charge is 0.379 e. The van der Waals surface area contributed by atoms with Crippen LogP contribution >= 0.6 is 0 Å². The number of ether oxygens (including phenoxy) is 1. The first-order valence-corrected chi connectivity index (χ1v) is 8.04. The van der Waals surface area contributed by atoms with Gasteiger partial charge in [0.25, 0.3) is 0 Å². The van der Waals surface area contributed by atoms with E-state index in [9.17, 15) is 0 Å². The van der Waals surface area contributed by atoms with E-state index in [0.29, 0.717) is 5.92 Å². The number of likely N-dealkylation sites (N-methyl/N-ethyl adjacent to an activating group) is 1. The third-order valence-electron chi connectivity index (χ3n) is 3.88. The fourth-order valence-electron chi connectivity index (χ4n) is 2.24. The molecule has 0 amide bonds. The van der Waals surface area contributed by atoms with Gasteiger partial charge in [-0.2, -0.15) is 0 Å². The predicted octanol–water partition coefficient (Wildman–Crippen LogP) is 2.79. The highest BCUT2D eigenvalue weighted by molar-refractivity contribution is 5.42. The molecule has 118 valence electrons. The molecule has 1 heterocycles. The summed E-state index contributed by atoms with van der Waals surface area (Å²) in [5.41, 5.74) is 2.44. The smallest absolute Gasteiger partial charge is 0.128 e. The minimum Gasteiger partial charge on any atom is -0.379 e. The fraction of sp³-hybridized carbons (Fsp3) is 0.706. The van der Waals surface area contributed by atoms with Gasteiger partial charge in [-0.05, 0) is 49.4 Å². The van der Waals surface area contributed by atoms with Gasteiger partial charge in [0.1, 0.15) is 5.82 Å². The van der Waals surface area contributed by atoms with Crippen LogP contribution in [0.25, 0.3) is 0 Å². The Balaban J connectivity index is 1.94. The molecule has 4 heteroatoms. The lowest BCUT2D eigenvalue weighted by Crippen LogP contribution is -2.24. The van der Waals surface area contributed by atoms with E-state index < -0.39 is 0 Å². The zero-order chi connectivity index (χ0) is 15.2. The molecular formula is C17H29N3O. The second-order valence-corrected chi connectivity index (χ2v) is 6.38. The first kappa shape index (κ1) is 16.2. The van der Waals surface area contributed by atoms with Crippen LogP contribution in [0.1, 0.15) is 43.9 Å². The molecule has 1 aromatic heterocycles. The van der Waals surface area contributed by atoms with Crippen LogP contribution in [0.5, 0.6) is 0 Å². The fourth-order valence-corrected chi connectivity index (χ4v) is 2.24. The Morgan fingerprint density at radius 3 is 2.76 bits per heavy atom. The van der Waals surface area contributed by atoms with Gasteiger partial charge >= 0.3 is 0 Å². The maximum absolute atomic E-state index is 5.72. The van der Waals surface area contributed by atoms with Crippen LogP contribution in [-0.2, 0) is 11.3 Å². The van der Waals surface area contributed by atoms with Crippen molar-refractivity contribution in [3.05, 3.63) is 23.4 Å². The van der Waals surface area contributed by atoms with Crippen LogP contribution in [0.3, 0.4) is 0 Å². The van der Waals surface area contributed by atoms with Gasteiger partial charge in [-0.3, -0.25) is 0 Å². The monoisotopic (exact) mass is 291 g/mol. The van der Waals surface area contributed by atoms with Crippen molar-refractivity contribution < 1.29 is 4.74 Å². The van der Waals surface area contributed by atoms with Crippen molar-refractivity contribution in [2.45, 2.75) is 39.2 Å². The van der Waals surface area contributed by atoms with Crippen molar-refractivity contribution in [3.8, 4) is 0 Å². The van der Waals surface area contributed by atoms with Crippen molar-refractivity contribution in [2.75, 3.05) is 38.8 Å². The normalized spacial score (nSPS) is 14.7. The number of rotatable bonds is 9. The SMILES string of the molecule is CNCc1cc(C(C)C)nc(N(C)CCOCC2CC2)c1. The first-order valence-electron chi connectivity index (χ1n) is 8.04. The van der Waals surface area contributed by atoms with Gasteiger partial charge < -0.3 is 15.0 Å². The molecule has 0 saturated heterocycles. The number of hydrogen-bond donors (Lipinski definition) is 1. The topological polar surface area (TPSA) is 37.4 Å². The Hall–Kier alpha value is -1.13. The highest BCUT2D eigenvalue weighted by Crippen LogP contribution is 2.28. The van der Waals surface area contributed by atoms with Crippen molar-refractivity contribution in [2.24, 2.45) is 5.92 Å². The van der Waals surface area contributed by atoms with Crippen molar-refractivity contribution >= 4 is 5.82 Å². The van der Waals surface area contributed by atoms with Crippen molar-refractivity contribution in [3.63, 3.8) is 0 Å². The number of pyridine rings is 1. The highest BCUT2D eigenvalue weighted by atomic mass is 16.5. The zero-order valence-corrected chi connectivity index (χ0v) is 13.9. The van der Waals surface area contributed by atoms with Gasteiger partial charge in [0.2, 0.25) is 0 Å². The molecule has 4 nitrogen and oxygen atoms in total. The second-order valence-electron chi connectivity index (χ2n) is 6.38.